The molecule has 0 bridgehead atoms. The van der Waals surface area contributed by atoms with Gasteiger partial charge in [0.2, 0.25) is 11.8 Å². The summed E-state index contributed by atoms with van der Waals surface area (Å²) >= 11 is 6.14. The first kappa shape index (κ1) is 18.3. The van der Waals surface area contributed by atoms with Gasteiger partial charge in [0.25, 0.3) is 0 Å². The van der Waals surface area contributed by atoms with Gasteiger partial charge in [-0.05, 0) is 30.2 Å². The number of benzene rings is 2. The summed E-state index contributed by atoms with van der Waals surface area (Å²) in [5, 5.41) is 3.37. The Morgan fingerprint density at radius 3 is 2.73 bits per heavy atom. The maximum atomic E-state index is 12.4. The molecule has 6 heteroatoms. The monoisotopic (exact) mass is 372 g/mol. The average molecular weight is 373 g/mol. The largest absolute Gasteiger partial charge is 0.495 e. The van der Waals surface area contributed by atoms with Crippen molar-refractivity contribution in [2.24, 2.45) is 5.92 Å². The lowest BCUT2D eigenvalue weighted by Crippen LogP contribution is -2.34. The fraction of sp³-hybridized carbons (Fsp3) is 0.300. The Hall–Kier alpha value is -2.53. The fourth-order valence-electron chi connectivity index (χ4n) is 3.07. The molecule has 0 aliphatic carbocycles. The maximum absolute atomic E-state index is 12.4. The van der Waals surface area contributed by atoms with Crippen LogP contribution < -0.4 is 15.0 Å². The molecule has 2 aromatic carbocycles. The Bertz CT molecular complexity index is 795. The highest BCUT2D eigenvalue weighted by Crippen LogP contribution is 2.32. The van der Waals surface area contributed by atoms with E-state index in [0.29, 0.717) is 29.5 Å². The molecule has 26 heavy (non-hydrogen) atoms. The Morgan fingerprint density at radius 1 is 1.27 bits per heavy atom. The van der Waals surface area contributed by atoms with Gasteiger partial charge in [-0.3, -0.25) is 9.59 Å². The third-order valence-electron chi connectivity index (χ3n) is 4.50. The normalized spacial score (nSPS) is 16.6. The molecule has 1 fully saturated rings. The molecule has 0 spiro atoms. The molecule has 2 amide bonds. The summed E-state index contributed by atoms with van der Waals surface area (Å²) in [6.07, 6.45) is 0.978. The van der Waals surface area contributed by atoms with Crippen LogP contribution in [0.3, 0.4) is 0 Å². The second-order valence-electron chi connectivity index (χ2n) is 6.25. The molecule has 1 saturated heterocycles. The van der Waals surface area contributed by atoms with E-state index in [4.69, 9.17) is 16.3 Å². The van der Waals surface area contributed by atoms with E-state index < -0.39 is 0 Å². The van der Waals surface area contributed by atoms with E-state index in [0.717, 1.165) is 6.42 Å². The summed E-state index contributed by atoms with van der Waals surface area (Å²) in [6.45, 7) is 0.917. The van der Waals surface area contributed by atoms with Crippen molar-refractivity contribution in [3.05, 3.63) is 59.1 Å². The highest BCUT2D eigenvalue weighted by Gasteiger charge is 2.35. The molecule has 0 saturated carbocycles. The summed E-state index contributed by atoms with van der Waals surface area (Å²) in [5.41, 5.74) is 1.85. The molecular weight excluding hydrogens is 352 g/mol. The first-order valence-corrected chi connectivity index (χ1v) is 8.92. The van der Waals surface area contributed by atoms with Gasteiger partial charge in [-0.2, -0.15) is 0 Å². The predicted octanol–water partition coefficient (Wildman–Crippen LogP) is 3.06. The summed E-state index contributed by atoms with van der Waals surface area (Å²) in [4.78, 5) is 26.3. The highest BCUT2D eigenvalue weighted by atomic mass is 35.5. The van der Waals surface area contributed by atoms with Crippen LogP contribution in [0.25, 0.3) is 0 Å². The molecule has 1 aliphatic rings. The zero-order valence-electron chi connectivity index (χ0n) is 14.6. The van der Waals surface area contributed by atoms with E-state index in [2.05, 4.69) is 5.32 Å². The molecule has 1 atom stereocenters. The Morgan fingerprint density at radius 2 is 2.04 bits per heavy atom. The van der Waals surface area contributed by atoms with Gasteiger partial charge < -0.3 is 15.0 Å². The molecule has 1 aliphatic heterocycles. The number of nitrogens with zero attached hydrogens (tertiary/aromatic N) is 1. The Kier molecular flexibility index (Phi) is 5.78. The van der Waals surface area contributed by atoms with Gasteiger partial charge >= 0.3 is 0 Å². The van der Waals surface area contributed by atoms with Crippen molar-refractivity contribution in [3.8, 4) is 5.75 Å². The predicted molar refractivity (Wildman–Crippen MR) is 102 cm³/mol. The molecule has 1 unspecified atom stereocenters. The van der Waals surface area contributed by atoms with Crippen LogP contribution in [-0.2, 0) is 16.0 Å². The van der Waals surface area contributed by atoms with Crippen molar-refractivity contribution in [1.82, 2.24) is 5.32 Å². The van der Waals surface area contributed by atoms with E-state index in [1.54, 1.807) is 23.1 Å². The number of hydrogen-bond acceptors (Lipinski definition) is 3. The maximum Gasteiger partial charge on any atom is 0.227 e. The summed E-state index contributed by atoms with van der Waals surface area (Å²) in [5.74, 6) is 0.0438. The van der Waals surface area contributed by atoms with Gasteiger partial charge in [-0.15, -0.1) is 0 Å². The summed E-state index contributed by atoms with van der Waals surface area (Å²) < 4.78 is 5.13. The average Bonchev–Trinajstić information content (AvgIpc) is 3.04. The van der Waals surface area contributed by atoms with Gasteiger partial charge in [0.05, 0.1) is 18.1 Å². The molecule has 5 nitrogen and oxygen atoms in total. The SMILES string of the molecule is COc1ccc(N2CC(C(=O)NCCc3ccccc3)CC2=O)cc1Cl. The van der Waals surface area contributed by atoms with Crippen molar-refractivity contribution >= 4 is 29.1 Å². The van der Waals surface area contributed by atoms with Gasteiger partial charge in [-0.1, -0.05) is 41.9 Å². The number of hydrogen-bond donors (Lipinski definition) is 1. The van der Waals surface area contributed by atoms with Crippen LogP contribution in [-0.4, -0.2) is 32.0 Å². The van der Waals surface area contributed by atoms with Crippen LogP contribution >= 0.6 is 11.6 Å². The number of nitrogens with one attached hydrogen (secondary N) is 1. The Labute approximate surface area is 157 Å². The third kappa shape index (κ3) is 4.17. The lowest BCUT2D eigenvalue weighted by molar-refractivity contribution is -0.126. The summed E-state index contributed by atoms with van der Waals surface area (Å²) in [7, 11) is 1.54. The minimum Gasteiger partial charge on any atom is -0.495 e. The molecule has 0 radical (unpaired) electrons. The zero-order valence-corrected chi connectivity index (χ0v) is 15.3. The van der Waals surface area contributed by atoms with Crippen LogP contribution in [0.4, 0.5) is 5.69 Å². The highest BCUT2D eigenvalue weighted by molar-refractivity contribution is 6.32. The molecule has 1 N–H and O–H groups in total. The number of carbonyl (C=O) groups excluding carboxylic acids is 2. The standard InChI is InChI=1S/C20H21ClN2O3/c1-26-18-8-7-16(12-17(18)21)23-13-15(11-19(23)24)20(25)22-10-9-14-5-3-2-4-6-14/h2-8,12,15H,9-11,13H2,1H3,(H,22,25). The van der Waals surface area contributed by atoms with Crippen LogP contribution in [0.1, 0.15) is 12.0 Å². The molecule has 136 valence electrons. The number of amides is 2. The molecule has 0 aromatic heterocycles. The number of anilines is 1. The molecule has 2 aromatic rings. The van der Waals surface area contributed by atoms with Crippen LogP contribution in [0.5, 0.6) is 5.75 Å². The number of halogens is 1. The van der Waals surface area contributed by atoms with E-state index in [1.165, 1.54) is 12.7 Å². The topological polar surface area (TPSA) is 58.6 Å². The second kappa shape index (κ2) is 8.23. The molecule has 3 rings (SSSR count). The van der Waals surface area contributed by atoms with Gasteiger partial charge in [-0.25, -0.2) is 0 Å². The number of carbonyl (C=O) groups is 2. The molecule has 1 heterocycles. The second-order valence-corrected chi connectivity index (χ2v) is 6.66. The van der Waals surface area contributed by atoms with Crippen molar-refractivity contribution in [1.29, 1.82) is 0 Å². The first-order valence-electron chi connectivity index (χ1n) is 8.54. The van der Waals surface area contributed by atoms with E-state index in [9.17, 15) is 9.59 Å². The van der Waals surface area contributed by atoms with Crippen LogP contribution in [0.2, 0.25) is 5.02 Å². The quantitative estimate of drug-likeness (QED) is 0.847. The van der Waals surface area contributed by atoms with Gasteiger partial charge in [0.1, 0.15) is 5.75 Å². The van der Waals surface area contributed by atoms with Crippen molar-refractivity contribution in [2.45, 2.75) is 12.8 Å². The number of methoxy groups -OCH3 is 1. The van der Waals surface area contributed by atoms with Crippen molar-refractivity contribution < 1.29 is 14.3 Å². The van der Waals surface area contributed by atoms with E-state index >= 15 is 0 Å². The van der Waals surface area contributed by atoms with Crippen LogP contribution in [0, 0.1) is 5.92 Å². The minimum atomic E-state index is -0.348. The first-order chi connectivity index (χ1) is 12.6. The lowest BCUT2D eigenvalue weighted by Gasteiger charge is -2.18. The number of ether oxygens (including phenoxy) is 1. The number of rotatable bonds is 6. The smallest absolute Gasteiger partial charge is 0.227 e. The zero-order chi connectivity index (χ0) is 18.5. The van der Waals surface area contributed by atoms with Gasteiger partial charge in [0, 0.05) is 25.2 Å². The van der Waals surface area contributed by atoms with Crippen molar-refractivity contribution in [3.63, 3.8) is 0 Å². The molecular formula is C20H21ClN2O3. The fourth-order valence-corrected chi connectivity index (χ4v) is 3.33. The Balaban J connectivity index is 1.56. The minimum absolute atomic E-state index is 0.0746. The summed E-state index contributed by atoms with van der Waals surface area (Å²) in [6, 6.07) is 15.2. The third-order valence-corrected chi connectivity index (χ3v) is 4.79. The van der Waals surface area contributed by atoms with E-state index in [1.807, 2.05) is 30.3 Å². The lowest BCUT2D eigenvalue weighted by atomic mass is 10.1. The van der Waals surface area contributed by atoms with E-state index in [-0.39, 0.29) is 24.2 Å². The van der Waals surface area contributed by atoms with Crippen molar-refractivity contribution in [2.75, 3.05) is 25.1 Å². The van der Waals surface area contributed by atoms with Gasteiger partial charge in [0.15, 0.2) is 0 Å². The van der Waals surface area contributed by atoms with Crippen LogP contribution in [0.15, 0.2) is 48.5 Å².